The first kappa shape index (κ1) is 23.9. The molecule has 0 saturated heterocycles. The van der Waals surface area contributed by atoms with Crippen LogP contribution in [-0.4, -0.2) is 36.4 Å². The second-order valence-electron chi connectivity index (χ2n) is 7.05. The molecule has 35 heavy (non-hydrogen) atoms. The fourth-order valence-electron chi connectivity index (χ4n) is 3.15. The molecule has 0 aliphatic heterocycles. The Bertz CT molecular complexity index is 1580. The molecule has 1 heterocycles. The summed E-state index contributed by atoms with van der Waals surface area (Å²) in [5.41, 5.74) is 0.762. The van der Waals surface area contributed by atoms with Crippen LogP contribution >= 0.6 is 11.6 Å². The quantitative estimate of drug-likeness (QED) is 0.206. The number of rotatable bonds is 7. The van der Waals surface area contributed by atoms with Gasteiger partial charge in [-0.15, -0.1) is 0 Å². The Morgan fingerprint density at radius 2 is 1.63 bits per heavy atom. The average molecular weight is 514 g/mol. The van der Waals surface area contributed by atoms with E-state index in [1.165, 1.54) is 13.2 Å². The summed E-state index contributed by atoms with van der Waals surface area (Å²) in [4.78, 5) is 31.0. The van der Waals surface area contributed by atoms with E-state index in [1.807, 2.05) is 0 Å². The van der Waals surface area contributed by atoms with Crippen LogP contribution in [0.5, 0.6) is 0 Å². The number of nitrogens with zero attached hydrogens (tertiary/aromatic N) is 3. The van der Waals surface area contributed by atoms with Gasteiger partial charge in [-0.25, -0.2) is 23.2 Å². The Morgan fingerprint density at radius 1 is 1.00 bits per heavy atom. The predicted octanol–water partition coefficient (Wildman–Crippen LogP) is 4.52. The number of anilines is 3. The summed E-state index contributed by atoms with van der Waals surface area (Å²) in [5.74, 6) is -0.814. The van der Waals surface area contributed by atoms with E-state index in [2.05, 4.69) is 20.0 Å². The van der Waals surface area contributed by atoms with E-state index in [-0.39, 0.29) is 22.2 Å². The van der Waals surface area contributed by atoms with Gasteiger partial charge in [0, 0.05) is 6.07 Å². The van der Waals surface area contributed by atoms with Crippen LogP contribution in [0.25, 0.3) is 11.0 Å². The van der Waals surface area contributed by atoms with Gasteiger partial charge in [0.1, 0.15) is 5.02 Å². The number of nitrogens with one attached hydrogen (secondary N) is 2. The van der Waals surface area contributed by atoms with Crippen LogP contribution < -0.4 is 10.0 Å². The standard InChI is InChI=1S/C22H16ClN5O6S/c1-34-22(29)14-6-2-3-7-16(14)24-20-21(26-18-9-5-4-8-17(18)25-20)27-35(32,33)13-10-11-15(23)19(12-13)28(30)31/h2-12H,1H3,(H,24,25)(H,26,27). The number of nitro benzene ring substituents is 1. The highest BCUT2D eigenvalue weighted by Gasteiger charge is 2.24. The summed E-state index contributed by atoms with van der Waals surface area (Å²) in [5, 5.41) is 13.9. The van der Waals surface area contributed by atoms with Gasteiger partial charge in [-0.3, -0.25) is 14.8 Å². The SMILES string of the molecule is COC(=O)c1ccccc1Nc1nc2ccccc2nc1NS(=O)(=O)c1ccc(Cl)c([N+](=O)[O-])c1. The van der Waals surface area contributed by atoms with Crippen molar-refractivity contribution in [3.63, 3.8) is 0 Å². The lowest BCUT2D eigenvalue weighted by atomic mass is 10.2. The first-order valence-electron chi connectivity index (χ1n) is 9.87. The van der Waals surface area contributed by atoms with Crippen LogP contribution in [0, 0.1) is 10.1 Å². The zero-order valence-corrected chi connectivity index (χ0v) is 19.5. The monoisotopic (exact) mass is 513 g/mol. The summed E-state index contributed by atoms with van der Waals surface area (Å²) >= 11 is 5.81. The first-order valence-corrected chi connectivity index (χ1v) is 11.7. The molecule has 0 saturated carbocycles. The van der Waals surface area contributed by atoms with Gasteiger partial charge in [0.15, 0.2) is 11.6 Å². The molecule has 0 fully saturated rings. The summed E-state index contributed by atoms with van der Waals surface area (Å²) in [7, 11) is -3.11. The van der Waals surface area contributed by atoms with Gasteiger partial charge in [0.2, 0.25) is 0 Å². The lowest BCUT2D eigenvalue weighted by Gasteiger charge is -2.15. The molecule has 178 valence electrons. The number of esters is 1. The average Bonchev–Trinajstić information content (AvgIpc) is 2.84. The topological polar surface area (TPSA) is 153 Å². The fraction of sp³-hybridized carbons (Fsp3) is 0.0455. The molecule has 4 rings (SSSR count). The first-order chi connectivity index (χ1) is 16.7. The predicted molar refractivity (Wildman–Crippen MR) is 130 cm³/mol. The second-order valence-corrected chi connectivity index (χ2v) is 9.14. The minimum atomic E-state index is -4.35. The van der Waals surface area contributed by atoms with Crippen molar-refractivity contribution in [1.82, 2.24) is 9.97 Å². The molecule has 0 aliphatic rings. The van der Waals surface area contributed by atoms with Crippen molar-refractivity contribution < 1.29 is 22.9 Å². The maximum absolute atomic E-state index is 13.1. The summed E-state index contributed by atoms with van der Waals surface area (Å²) in [6.45, 7) is 0. The highest BCUT2D eigenvalue weighted by molar-refractivity contribution is 7.92. The van der Waals surface area contributed by atoms with Crippen LogP contribution in [0.1, 0.15) is 10.4 Å². The molecule has 0 amide bonds. The number of carbonyl (C=O) groups excluding carboxylic acids is 1. The third-order valence-electron chi connectivity index (χ3n) is 4.81. The Labute approximate surface area is 203 Å². The number of ether oxygens (including phenoxy) is 1. The van der Waals surface area contributed by atoms with Gasteiger partial charge in [-0.1, -0.05) is 35.9 Å². The van der Waals surface area contributed by atoms with E-state index in [4.69, 9.17) is 16.3 Å². The van der Waals surface area contributed by atoms with Crippen molar-refractivity contribution in [3.05, 3.63) is 87.4 Å². The van der Waals surface area contributed by atoms with E-state index < -0.39 is 31.5 Å². The molecule has 0 radical (unpaired) electrons. The highest BCUT2D eigenvalue weighted by atomic mass is 35.5. The van der Waals surface area contributed by atoms with Gasteiger partial charge in [0.05, 0.1) is 39.2 Å². The second kappa shape index (κ2) is 9.52. The Balaban J connectivity index is 1.81. The number of halogens is 1. The normalized spacial score (nSPS) is 11.1. The fourth-order valence-corrected chi connectivity index (χ4v) is 4.37. The van der Waals surface area contributed by atoms with Gasteiger partial charge in [-0.2, -0.15) is 0 Å². The maximum Gasteiger partial charge on any atom is 0.339 e. The van der Waals surface area contributed by atoms with Crippen molar-refractivity contribution in [3.8, 4) is 0 Å². The van der Waals surface area contributed by atoms with E-state index in [0.29, 0.717) is 16.7 Å². The Morgan fingerprint density at radius 3 is 2.29 bits per heavy atom. The van der Waals surface area contributed by atoms with E-state index in [0.717, 1.165) is 18.2 Å². The third kappa shape index (κ3) is 4.98. The Hall–Kier alpha value is -4.29. The third-order valence-corrected chi connectivity index (χ3v) is 6.47. The summed E-state index contributed by atoms with van der Waals surface area (Å²) in [6, 6.07) is 16.3. The smallest absolute Gasteiger partial charge is 0.339 e. The molecule has 4 aromatic rings. The van der Waals surface area contributed by atoms with Crippen molar-refractivity contribution in [2.24, 2.45) is 0 Å². The minimum absolute atomic E-state index is 0.00732. The van der Waals surface area contributed by atoms with Gasteiger partial charge in [-0.05, 0) is 36.4 Å². The lowest BCUT2D eigenvalue weighted by Crippen LogP contribution is -2.16. The number of fused-ring (bicyclic) bond motifs is 1. The van der Waals surface area contributed by atoms with Gasteiger partial charge in [0.25, 0.3) is 15.7 Å². The number of sulfonamides is 1. The van der Waals surface area contributed by atoms with E-state index in [1.54, 1.807) is 42.5 Å². The molecule has 1 aromatic heterocycles. The van der Waals surface area contributed by atoms with Crippen LogP contribution in [0.2, 0.25) is 5.02 Å². The van der Waals surface area contributed by atoms with E-state index >= 15 is 0 Å². The molecular weight excluding hydrogens is 498 g/mol. The van der Waals surface area contributed by atoms with Crippen molar-refractivity contribution in [1.29, 1.82) is 0 Å². The van der Waals surface area contributed by atoms with Crippen molar-refractivity contribution in [2.45, 2.75) is 4.90 Å². The zero-order valence-electron chi connectivity index (χ0n) is 17.9. The summed E-state index contributed by atoms with van der Waals surface area (Å²) in [6.07, 6.45) is 0. The van der Waals surface area contributed by atoms with E-state index in [9.17, 15) is 23.3 Å². The largest absolute Gasteiger partial charge is 0.465 e. The molecule has 0 atom stereocenters. The molecule has 0 bridgehead atoms. The number of hydrogen-bond donors (Lipinski definition) is 2. The van der Waals surface area contributed by atoms with Crippen molar-refractivity contribution in [2.75, 3.05) is 17.1 Å². The molecule has 2 N–H and O–H groups in total. The molecule has 0 spiro atoms. The number of carbonyl (C=O) groups is 1. The zero-order chi connectivity index (χ0) is 25.2. The Kier molecular flexibility index (Phi) is 6.49. The van der Waals surface area contributed by atoms with Crippen LogP contribution in [0.4, 0.5) is 23.0 Å². The number of benzene rings is 3. The lowest BCUT2D eigenvalue weighted by molar-refractivity contribution is -0.384. The molecule has 3 aromatic carbocycles. The minimum Gasteiger partial charge on any atom is -0.465 e. The van der Waals surface area contributed by atoms with Crippen LogP contribution in [0.15, 0.2) is 71.6 Å². The van der Waals surface area contributed by atoms with Crippen molar-refractivity contribution >= 4 is 61.6 Å². The number of hydrogen-bond acceptors (Lipinski definition) is 9. The maximum atomic E-state index is 13.1. The van der Waals surface area contributed by atoms with Gasteiger partial charge < -0.3 is 10.1 Å². The van der Waals surface area contributed by atoms with Crippen LogP contribution in [-0.2, 0) is 14.8 Å². The van der Waals surface area contributed by atoms with Gasteiger partial charge >= 0.3 is 5.97 Å². The molecule has 11 nitrogen and oxygen atoms in total. The summed E-state index contributed by atoms with van der Waals surface area (Å²) < 4.78 is 33.3. The molecule has 0 unspecified atom stereocenters. The molecule has 0 aliphatic carbocycles. The number of para-hydroxylation sites is 3. The number of methoxy groups -OCH3 is 1. The highest BCUT2D eigenvalue weighted by Crippen LogP contribution is 2.31. The van der Waals surface area contributed by atoms with Crippen LogP contribution in [0.3, 0.4) is 0 Å². The number of nitro groups is 1. The number of aromatic nitrogens is 2. The molecular formula is C22H16ClN5O6S. The molecule has 13 heteroatoms.